The highest BCUT2D eigenvalue weighted by molar-refractivity contribution is 8.27. The Labute approximate surface area is 195 Å². The van der Waals surface area contributed by atoms with Crippen LogP contribution in [0.3, 0.4) is 0 Å². The van der Waals surface area contributed by atoms with Crippen molar-refractivity contribution in [3.05, 3.63) is 64.7 Å². The number of methoxy groups -OCH3 is 1. The van der Waals surface area contributed by atoms with Crippen LogP contribution in [0, 0.1) is 18.3 Å². The number of benzene rings is 2. The van der Waals surface area contributed by atoms with E-state index in [0.29, 0.717) is 22.0 Å². The molecule has 0 aromatic heterocycles. The van der Waals surface area contributed by atoms with Crippen LogP contribution in [0.1, 0.15) is 35.3 Å². The summed E-state index contributed by atoms with van der Waals surface area (Å²) in [6.45, 7) is 5.92. The summed E-state index contributed by atoms with van der Waals surface area (Å²) in [6, 6.07) is 12.0. The minimum atomic E-state index is -0.507. The number of nitrogens with zero attached hydrogens (tertiary/aromatic N) is 3. The molecule has 33 heavy (non-hydrogen) atoms. The molecule has 2 heterocycles. The van der Waals surface area contributed by atoms with Gasteiger partial charge in [-0.15, -0.1) is 0 Å². The number of carbonyl (C=O) groups is 2. The quantitative estimate of drug-likeness (QED) is 0.399. The van der Waals surface area contributed by atoms with E-state index in [0.717, 1.165) is 10.6 Å². The minimum absolute atomic E-state index is 0.0398. The third-order valence-corrected chi connectivity index (χ3v) is 6.16. The Morgan fingerprint density at radius 1 is 1.15 bits per heavy atom. The summed E-state index contributed by atoms with van der Waals surface area (Å²) in [5.41, 5.74) is 2.17. The van der Waals surface area contributed by atoms with E-state index in [2.05, 4.69) is 10.1 Å². The lowest BCUT2D eigenvalue weighted by Crippen LogP contribution is -2.35. The normalized spacial score (nSPS) is 16.6. The summed E-state index contributed by atoms with van der Waals surface area (Å²) in [6.07, 6.45) is 1.55. The fourth-order valence-corrected chi connectivity index (χ4v) is 4.01. The lowest BCUT2D eigenvalue weighted by atomic mass is 10.1. The number of amides is 1. The first-order valence-electron chi connectivity index (χ1n) is 10.2. The summed E-state index contributed by atoms with van der Waals surface area (Å²) >= 11 is 1.30. The van der Waals surface area contributed by atoms with Crippen LogP contribution in [0.2, 0.25) is 0 Å². The van der Waals surface area contributed by atoms with Crippen LogP contribution in [0.25, 0.3) is 6.08 Å². The van der Waals surface area contributed by atoms with Gasteiger partial charge < -0.3 is 9.47 Å². The maximum atomic E-state index is 12.6. The third-order valence-electron chi connectivity index (χ3n) is 4.95. The number of hydrazone groups is 1. The number of thioether (sulfide) groups is 1. The molecule has 0 atom stereocenters. The van der Waals surface area contributed by atoms with Crippen LogP contribution >= 0.6 is 11.8 Å². The van der Waals surface area contributed by atoms with E-state index in [4.69, 9.17) is 14.9 Å². The van der Waals surface area contributed by atoms with Crippen LogP contribution < -0.4 is 9.47 Å². The van der Waals surface area contributed by atoms with Crippen molar-refractivity contribution in [1.29, 1.82) is 5.41 Å². The zero-order chi connectivity index (χ0) is 23.7. The molecule has 2 aliphatic heterocycles. The van der Waals surface area contributed by atoms with Gasteiger partial charge in [0.05, 0.1) is 18.2 Å². The summed E-state index contributed by atoms with van der Waals surface area (Å²) in [5.74, 6) is -0.318. The summed E-state index contributed by atoms with van der Waals surface area (Å²) < 4.78 is 10.9. The Balaban J connectivity index is 1.59. The van der Waals surface area contributed by atoms with Crippen LogP contribution in [0.5, 0.6) is 11.5 Å². The molecular formula is C24H22N4O4S. The minimum Gasteiger partial charge on any atom is -0.493 e. The van der Waals surface area contributed by atoms with E-state index in [1.54, 1.807) is 36.4 Å². The standard InChI is InChI=1S/C24H22N4O4S/c1-13(2)22-27-28-20(25)17(21(29)26-24(28)33-22)11-15-7-10-18(19(12-15)31-4)32-23(30)16-8-5-14(3)6-9-16/h5-13,25H,1-4H3/b17-11-,25-20?. The Morgan fingerprint density at radius 2 is 1.88 bits per heavy atom. The monoisotopic (exact) mass is 462 g/mol. The molecule has 0 spiro atoms. The third kappa shape index (κ3) is 4.58. The highest BCUT2D eigenvalue weighted by atomic mass is 32.2. The summed E-state index contributed by atoms with van der Waals surface area (Å²) in [4.78, 5) is 29.1. The van der Waals surface area contributed by atoms with Crippen molar-refractivity contribution in [2.45, 2.75) is 20.8 Å². The Kier molecular flexibility index (Phi) is 6.15. The topological polar surface area (TPSA) is 104 Å². The van der Waals surface area contributed by atoms with Gasteiger partial charge in [-0.25, -0.2) is 4.79 Å². The zero-order valence-corrected chi connectivity index (χ0v) is 19.4. The summed E-state index contributed by atoms with van der Waals surface area (Å²) in [7, 11) is 1.46. The smallest absolute Gasteiger partial charge is 0.343 e. The zero-order valence-electron chi connectivity index (χ0n) is 18.6. The number of rotatable bonds is 5. The lowest BCUT2D eigenvalue weighted by molar-refractivity contribution is -0.114. The molecule has 0 saturated heterocycles. The number of aliphatic imine (C=N–C) groups is 1. The second kappa shape index (κ2) is 9.03. The van der Waals surface area contributed by atoms with Gasteiger partial charge in [-0.1, -0.05) is 37.6 Å². The molecule has 4 rings (SSSR count). The summed E-state index contributed by atoms with van der Waals surface area (Å²) in [5, 5.41) is 15.4. The molecule has 2 aromatic rings. The molecule has 2 aliphatic rings. The van der Waals surface area contributed by atoms with Gasteiger partial charge in [-0.05, 0) is 54.6 Å². The molecule has 0 fully saturated rings. The van der Waals surface area contributed by atoms with Crippen molar-refractivity contribution >= 4 is 45.8 Å². The molecule has 9 heteroatoms. The molecule has 1 N–H and O–H groups in total. The molecule has 0 bridgehead atoms. The van der Waals surface area contributed by atoms with Crippen LogP contribution in [-0.4, -0.2) is 40.0 Å². The van der Waals surface area contributed by atoms with Crippen LogP contribution in [0.4, 0.5) is 0 Å². The number of carbonyl (C=O) groups excluding carboxylic acids is 2. The Morgan fingerprint density at radius 3 is 2.55 bits per heavy atom. The average Bonchev–Trinajstić information content (AvgIpc) is 3.22. The first-order chi connectivity index (χ1) is 15.8. The van der Waals surface area contributed by atoms with Crippen molar-refractivity contribution in [3.63, 3.8) is 0 Å². The van der Waals surface area contributed by atoms with Crippen LogP contribution in [0.15, 0.2) is 58.1 Å². The molecule has 0 aliphatic carbocycles. The van der Waals surface area contributed by atoms with Gasteiger partial charge in [-0.2, -0.15) is 15.1 Å². The fourth-order valence-electron chi connectivity index (χ4n) is 3.11. The SMILES string of the molecule is COc1cc(/C=C2/C(=N)N3N=C(C(C)C)SC3=NC2=O)ccc1OC(=O)c1ccc(C)cc1. The van der Waals surface area contributed by atoms with Crippen LogP contribution in [-0.2, 0) is 4.79 Å². The van der Waals surface area contributed by atoms with E-state index in [9.17, 15) is 9.59 Å². The molecule has 2 aromatic carbocycles. The average molecular weight is 463 g/mol. The number of ether oxygens (including phenoxy) is 2. The molecule has 0 unspecified atom stereocenters. The van der Waals surface area contributed by atoms with Crippen molar-refractivity contribution in [2.24, 2.45) is 16.0 Å². The second-order valence-electron chi connectivity index (χ2n) is 7.78. The highest BCUT2D eigenvalue weighted by Crippen LogP contribution is 2.33. The highest BCUT2D eigenvalue weighted by Gasteiger charge is 2.36. The number of hydrogen-bond donors (Lipinski definition) is 1. The van der Waals surface area contributed by atoms with Gasteiger partial charge in [0, 0.05) is 5.92 Å². The lowest BCUT2D eigenvalue weighted by Gasteiger charge is -2.20. The molecular weight excluding hydrogens is 440 g/mol. The number of esters is 1. The predicted molar refractivity (Wildman–Crippen MR) is 129 cm³/mol. The van der Waals surface area contributed by atoms with Gasteiger partial charge >= 0.3 is 5.97 Å². The number of fused-ring (bicyclic) bond motifs is 1. The number of hydrogen-bond acceptors (Lipinski definition) is 7. The second-order valence-corrected chi connectivity index (χ2v) is 8.77. The van der Waals surface area contributed by atoms with Crippen molar-refractivity contribution < 1.29 is 19.1 Å². The fraction of sp³-hybridized carbons (Fsp3) is 0.208. The van der Waals surface area contributed by atoms with Gasteiger partial charge in [0.15, 0.2) is 17.3 Å². The van der Waals surface area contributed by atoms with Crippen molar-refractivity contribution in [1.82, 2.24) is 5.01 Å². The maximum Gasteiger partial charge on any atom is 0.343 e. The van der Waals surface area contributed by atoms with Gasteiger partial charge in [0.25, 0.3) is 5.91 Å². The maximum absolute atomic E-state index is 12.6. The predicted octanol–water partition coefficient (Wildman–Crippen LogP) is 4.50. The van der Waals surface area contributed by atoms with E-state index in [-0.39, 0.29) is 23.1 Å². The number of aryl methyl sites for hydroxylation is 1. The largest absolute Gasteiger partial charge is 0.493 e. The molecule has 1 amide bonds. The van der Waals surface area contributed by atoms with Crippen molar-refractivity contribution in [3.8, 4) is 11.5 Å². The Bertz CT molecular complexity index is 1250. The Hall–Kier alpha value is -3.72. The van der Waals surface area contributed by atoms with E-state index >= 15 is 0 Å². The van der Waals surface area contributed by atoms with Gasteiger partial charge in [-0.3, -0.25) is 10.2 Å². The van der Waals surface area contributed by atoms with Gasteiger partial charge in [0.2, 0.25) is 5.17 Å². The van der Waals surface area contributed by atoms with E-state index in [1.165, 1.54) is 23.9 Å². The number of nitrogens with one attached hydrogen (secondary N) is 1. The molecule has 0 saturated carbocycles. The first kappa shape index (κ1) is 22.5. The van der Waals surface area contributed by atoms with E-state index in [1.807, 2.05) is 32.9 Å². The first-order valence-corrected chi connectivity index (χ1v) is 11.1. The van der Waals surface area contributed by atoms with Crippen molar-refractivity contribution in [2.75, 3.05) is 7.11 Å². The molecule has 0 radical (unpaired) electrons. The van der Waals surface area contributed by atoms with E-state index < -0.39 is 11.9 Å². The van der Waals surface area contributed by atoms with Gasteiger partial charge in [0.1, 0.15) is 5.04 Å². The molecule has 168 valence electrons. The molecule has 8 nitrogen and oxygen atoms in total. The number of amidine groups is 2.